The number of hydrogen-bond acceptors (Lipinski definition) is 2. The fraction of sp³-hybridized carbons (Fsp3) is 0.308. The normalized spacial score (nSPS) is 12.7. The number of benzene rings is 1. The highest BCUT2D eigenvalue weighted by atomic mass is 16.5. The predicted molar refractivity (Wildman–Crippen MR) is 60.4 cm³/mol. The lowest BCUT2D eigenvalue weighted by atomic mass is 9.97. The van der Waals surface area contributed by atoms with Crippen molar-refractivity contribution < 1.29 is 9.53 Å². The summed E-state index contributed by atoms with van der Waals surface area (Å²) in [7, 11) is 0. The van der Waals surface area contributed by atoms with Crippen LogP contribution >= 0.6 is 0 Å². The minimum Gasteiger partial charge on any atom is -0.435 e. The van der Waals surface area contributed by atoms with Crippen molar-refractivity contribution >= 4 is 5.97 Å². The highest BCUT2D eigenvalue weighted by molar-refractivity contribution is 5.66. The van der Waals surface area contributed by atoms with E-state index in [-0.39, 0.29) is 5.97 Å². The van der Waals surface area contributed by atoms with Gasteiger partial charge in [0, 0.05) is 12.8 Å². The van der Waals surface area contributed by atoms with Gasteiger partial charge < -0.3 is 4.74 Å². The molecule has 15 heavy (non-hydrogen) atoms. The number of ether oxygens (including phenoxy) is 1. The maximum absolute atomic E-state index is 10.6. The molecule has 0 fully saturated rings. The topological polar surface area (TPSA) is 26.3 Å². The molecule has 0 N–H and O–H groups in total. The molecule has 0 aliphatic rings. The van der Waals surface area contributed by atoms with Crippen LogP contribution in [0, 0.1) is 0 Å². The van der Waals surface area contributed by atoms with Crippen molar-refractivity contribution in [3.63, 3.8) is 0 Å². The first kappa shape index (κ1) is 11.5. The SMILES string of the molecule is CC[C@@H](C=COC(C)=O)c1ccccc1. The second-order valence-corrected chi connectivity index (χ2v) is 3.36. The van der Waals surface area contributed by atoms with Crippen LogP contribution in [0.15, 0.2) is 42.7 Å². The predicted octanol–water partition coefficient (Wildman–Crippen LogP) is 3.26. The summed E-state index contributed by atoms with van der Waals surface area (Å²) in [5.41, 5.74) is 1.24. The van der Waals surface area contributed by atoms with Crippen LogP contribution in [0.1, 0.15) is 31.7 Å². The van der Waals surface area contributed by atoms with E-state index in [1.165, 1.54) is 18.7 Å². The summed E-state index contributed by atoms with van der Waals surface area (Å²) in [4.78, 5) is 10.6. The third kappa shape index (κ3) is 3.98. The maximum Gasteiger partial charge on any atom is 0.307 e. The van der Waals surface area contributed by atoms with Crippen molar-refractivity contribution in [3.8, 4) is 0 Å². The van der Waals surface area contributed by atoms with E-state index in [0.717, 1.165) is 6.42 Å². The smallest absolute Gasteiger partial charge is 0.307 e. The van der Waals surface area contributed by atoms with Crippen LogP contribution < -0.4 is 0 Å². The van der Waals surface area contributed by atoms with Crippen molar-refractivity contribution in [2.24, 2.45) is 0 Å². The number of esters is 1. The van der Waals surface area contributed by atoms with E-state index in [1.807, 2.05) is 24.3 Å². The molecule has 0 aliphatic carbocycles. The lowest BCUT2D eigenvalue weighted by molar-refractivity contribution is -0.135. The summed E-state index contributed by atoms with van der Waals surface area (Å²) in [5.74, 6) is 0.0275. The number of carbonyl (C=O) groups excluding carboxylic acids is 1. The van der Waals surface area contributed by atoms with Crippen LogP contribution in [0.4, 0.5) is 0 Å². The third-order valence-electron chi connectivity index (χ3n) is 2.21. The van der Waals surface area contributed by atoms with Crippen LogP contribution in [0.3, 0.4) is 0 Å². The molecule has 0 saturated carbocycles. The molecule has 1 aromatic carbocycles. The molecule has 0 spiro atoms. The minimum absolute atomic E-state index is 0.283. The summed E-state index contributed by atoms with van der Waals surface area (Å²) in [6.45, 7) is 3.50. The molecule has 0 radical (unpaired) electrons. The van der Waals surface area contributed by atoms with Gasteiger partial charge in [0.05, 0.1) is 6.26 Å². The zero-order valence-corrected chi connectivity index (χ0v) is 9.14. The van der Waals surface area contributed by atoms with Gasteiger partial charge in [-0.1, -0.05) is 37.3 Å². The minimum atomic E-state index is -0.283. The van der Waals surface area contributed by atoms with Gasteiger partial charge in [-0.25, -0.2) is 0 Å². The summed E-state index contributed by atoms with van der Waals surface area (Å²) in [6, 6.07) is 10.2. The van der Waals surface area contributed by atoms with Gasteiger partial charge in [0.1, 0.15) is 0 Å². The van der Waals surface area contributed by atoms with E-state index in [9.17, 15) is 4.79 Å². The van der Waals surface area contributed by atoms with E-state index in [1.54, 1.807) is 0 Å². The lowest BCUT2D eigenvalue weighted by Gasteiger charge is -2.09. The van der Waals surface area contributed by atoms with Gasteiger partial charge in [-0.15, -0.1) is 0 Å². The molecule has 2 heteroatoms. The Balaban J connectivity index is 2.64. The summed E-state index contributed by atoms with van der Waals surface area (Å²) in [5, 5.41) is 0. The molecule has 1 rings (SSSR count). The Morgan fingerprint density at radius 2 is 2.07 bits per heavy atom. The second kappa shape index (κ2) is 6.02. The van der Waals surface area contributed by atoms with Crippen molar-refractivity contribution in [2.45, 2.75) is 26.2 Å². The quantitative estimate of drug-likeness (QED) is 0.556. The molecule has 0 heterocycles. The van der Waals surface area contributed by atoms with Crippen LogP contribution in [-0.4, -0.2) is 5.97 Å². The van der Waals surface area contributed by atoms with Crippen molar-refractivity contribution in [1.82, 2.24) is 0 Å². The standard InChI is InChI=1S/C13H16O2/c1-3-12(9-10-15-11(2)14)13-7-5-4-6-8-13/h4-10,12H,3H2,1-2H3/t12-/m0/s1. The molecule has 2 nitrogen and oxygen atoms in total. The Morgan fingerprint density at radius 3 is 2.60 bits per heavy atom. The lowest BCUT2D eigenvalue weighted by Crippen LogP contribution is -1.95. The molecule has 0 bridgehead atoms. The third-order valence-corrected chi connectivity index (χ3v) is 2.21. The molecule has 0 aliphatic heterocycles. The van der Waals surface area contributed by atoms with Crippen LogP contribution in [-0.2, 0) is 9.53 Å². The van der Waals surface area contributed by atoms with E-state index in [0.29, 0.717) is 5.92 Å². The molecule has 0 amide bonds. The molecule has 80 valence electrons. The molecular formula is C13H16O2. The van der Waals surface area contributed by atoms with Crippen LogP contribution in [0.5, 0.6) is 0 Å². The monoisotopic (exact) mass is 204 g/mol. The Labute approximate surface area is 90.6 Å². The summed E-state index contributed by atoms with van der Waals surface area (Å²) < 4.78 is 4.78. The van der Waals surface area contributed by atoms with Gasteiger partial charge in [0.25, 0.3) is 0 Å². The van der Waals surface area contributed by atoms with E-state index in [4.69, 9.17) is 4.74 Å². The number of carbonyl (C=O) groups is 1. The van der Waals surface area contributed by atoms with E-state index in [2.05, 4.69) is 19.1 Å². The molecule has 0 saturated heterocycles. The van der Waals surface area contributed by atoms with Crippen LogP contribution in [0.2, 0.25) is 0 Å². The fourth-order valence-electron chi connectivity index (χ4n) is 1.41. The highest BCUT2D eigenvalue weighted by Crippen LogP contribution is 2.20. The Hall–Kier alpha value is -1.57. The average molecular weight is 204 g/mol. The zero-order chi connectivity index (χ0) is 11.1. The van der Waals surface area contributed by atoms with Crippen molar-refractivity contribution in [1.29, 1.82) is 0 Å². The second-order valence-electron chi connectivity index (χ2n) is 3.36. The summed E-state index contributed by atoms with van der Waals surface area (Å²) in [6.07, 6.45) is 4.38. The molecule has 0 unspecified atom stereocenters. The average Bonchev–Trinajstić information content (AvgIpc) is 2.25. The van der Waals surface area contributed by atoms with Crippen molar-refractivity contribution in [3.05, 3.63) is 48.2 Å². The first-order valence-electron chi connectivity index (χ1n) is 5.13. The Kier molecular flexibility index (Phi) is 4.61. The largest absolute Gasteiger partial charge is 0.435 e. The number of rotatable bonds is 4. The van der Waals surface area contributed by atoms with Gasteiger partial charge in [-0.05, 0) is 18.1 Å². The zero-order valence-electron chi connectivity index (χ0n) is 9.14. The molecule has 1 atom stereocenters. The molecule has 0 aromatic heterocycles. The Morgan fingerprint density at radius 1 is 1.40 bits per heavy atom. The molecule has 1 aromatic rings. The first-order valence-corrected chi connectivity index (χ1v) is 5.13. The Bertz CT molecular complexity index is 328. The number of hydrogen-bond donors (Lipinski definition) is 0. The van der Waals surface area contributed by atoms with Crippen LogP contribution in [0.25, 0.3) is 0 Å². The van der Waals surface area contributed by atoms with Crippen molar-refractivity contribution in [2.75, 3.05) is 0 Å². The van der Waals surface area contributed by atoms with Gasteiger partial charge in [-0.2, -0.15) is 0 Å². The highest BCUT2D eigenvalue weighted by Gasteiger charge is 2.04. The first-order chi connectivity index (χ1) is 7.24. The number of allylic oxidation sites excluding steroid dienone is 1. The van der Waals surface area contributed by atoms with Gasteiger partial charge in [-0.3, -0.25) is 4.79 Å². The van der Waals surface area contributed by atoms with E-state index >= 15 is 0 Å². The maximum atomic E-state index is 10.6. The van der Waals surface area contributed by atoms with Gasteiger partial charge in [0.2, 0.25) is 0 Å². The van der Waals surface area contributed by atoms with E-state index < -0.39 is 0 Å². The molecular weight excluding hydrogens is 188 g/mol. The van der Waals surface area contributed by atoms with Gasteiger partial charge in [0.15, 0.2) is 0 Å². The fourth-order valence-corrected chi connectivity index (χ4v) is 1.41. The van der Waals surface area contributed by atoms with Gasteiger partial charge >= 0.3 is 5.97 Å². The summed E-state index contributed by atoms with van der Waals surface area (Å²) >= 11 is 0.